The number of aliphatic hydroxyl groups is 2. The summed E-state index contributed by atoms with van der Waals surface area (Å²) in [5, 5.41) is 25.0. The van der Waals surface area contributed by atoms with E-state index in [0.717, 1.165) is 42.9 Å². The number of fused-ring (bicyclic) bond motifs is 2. The molecule has 0 radical (unpaired) electrons. The molecule has 3 N–H and O–H groups in total. The van der Waals surface area contributed by atoms with Gasteiger partial charge in [-0.1, -0.05) is 20.8 Å². The van der Waals surface area contributed by atoms with Crippen molar-refractivity contribution in [3.63, 3.8) is 0 Å². The summed E-state index contributed by atoms with van der Waals surface area (Å²) >= 11 is 1.44. The summed E-state index contributed by atoms with van der Waals surface area (Å²) < 4.78 is 5.20. The smallest absolute Gasteiger partial charge is 0.257 e. The van der Waals surface area contributed by atoms with Gasteiger partial charge >= 0.3 is 0 Å². The summed E-state index contributed by atoms with van der Waals surface area (Å²) in [4.78, 5) is 34.6. The highest BCUT2D eigenvalue weighted by Gasteiger charge is 2.59. The predicted octanol–water partition coefficient (Wildman–Crippen LogP) is 4.47. The van der Waals surface area contributed by atoms with Crippen LogP contribution in [-0.2, 0) is 11.2 Å². The van der Waals surface area contributed by atoms with Gasteiger partial charge in [0.2, 0.25) is 5.91 Å². The SMILES string of the molecule is COc1ccc(C(=O)Nc2nc3c(s2)CC2C(C)(CO)C(O)CCC2(C)C3CC(=O)N2CCC(C)CC2)cc1. The Bertz CT molecular complexity index is 1210. The van der Waals surface area contributed by atoms with Gasteiger partial charge < -0.3 is 19.8 Å². The molecule has 0 spiro atoms. The standard InChI is InChI=1S/C30H41N3O5S/c1-18-10-13-33(14-11-18)25(36)15-21-26-22(16-23-29(21,2)12-9-24(35)30(23,3)17-34)39-28(31-26)32-27(37)19-5-7-20(38-4)8-6-19/h5-8,18,21,23-24,34-35H,9-17H2,1-4H3,(H,31,32,37). The van der Waals surface area contributed by atoms with Gasteiger partial charge in [0.05, 0.1) is 25.5 Å². The van der Waals surface area contributed by atoms with Crippen molar-refractivity contribution in [2.45, 2.75) is 71.3 Å². The van der Waals surface area contributed by atoms with E-state index in [2.05, 4.69) is 19.2 Å². The maximum Gasteiger partial charge on any atom is 0.257 e. The lowest BCUT2D eigenvalue weighted by molar-refractivity contribution is -0.147. The molecule has 5 rings (SSSR count). The molecule has 2 aliphatic carbocycles. The van der Waals surface area contributed by atoms with Crippen LogP contribution >= 0.6 is 11.3 Å². The number of aromatic nitrogens is 1. The monoisotopic (exact) mass is 555 g/mol. The van der Waals surface area contributed by atoms with Crippen molar-refractivity contribution in [1.82, 2.24) is 9.88 Å². The molecule has 5 atom stereocenters. The second kappa shape index (κ2) is 10.8. The molecule has 2 amide bonds. The molecule has 1 aromatic heterocycles. The lowest BCUT2D eigenvalue weighted by Crippen LogP contribution is -2.57. The molecular formula is C30H41N3O5S. The summed E-state index contributed by atoms with van der Waals surface area (Å²) in [6.07, 6.45) is 3.78. The Hall–Kier alpha value is -2.49. The number of amides is 2. The minimum Gasteiger partial charge on any atom is -0.497 e. The van der Waals surface area contributed by atoms with E-state index in [1.165, 1.54) is 11.3 Å². The number of carbonyl (C=O) groups is 2. The fraction of sp³-hybridized carbons (Fsp3) is 0.633. The molecule has 1 aliphatic heterocycles. The van der Waals surface area contributed by atoms with Gasteiger partial charge in [0.15, 0.2) is 5.13 Å². The van der Waals surface area contributed by atoms with Crippen LogP contribution in [-0.4, -0.2) is 64.8 Å². The molecule has 2 aromatic rings. The maximum atomic E-state index is 13.6. The van der Waals surface area contributed by atoms with Crippen LogP contribution in [0.25, 0.3) is 0 Å². The summed E-state index contributed by atoms with van der Waals surface area (Å²) in [6, 6.07) is 6.92. The van der Waals surface area contributed by atoms with E-state index in [1.54, 1.807) is 31.4 Å². The highest BCUT2D eigenvalue weighted by atomic mass is 32.1. The van der Waals surface area contributed by atoms with Gasteiger partial charge in [-0.15, -0.1) is 11.3 Å². The lowest BCUT2D eigenvalue weighted by Gasteiger charge is -2.58. The number of rotatable bonds is 6. The van der Waals surface area contributed by atoms with Gasteiger partial charge in [0, 0.05) is 41.3 Å². The molecule has 1 saturated carbocycles. The van der Waals surface area contributed by atoms with E-state index in [9.17, 15) is 19.8 Å². The average molecular weight is 556 g/mol. The minimum absolute atomic E-state index is 0.0176. The van der Waals surface area contributed by atoms with Crippen LogP contribution in [0.5, 0.6) is 5.75 Å². The third-order valence-corrected chi connectivity index (χ3v) is 11.0. The molecular weight excluding hydrogens is 514 g/mol. The summed E-state index contributed by atoms with van der Waals surface area (Å²) in [5.41, 5.74) is 0.405. The predicted molar refractivity (Wildman–Crippen MR) is 151 cm³/mol. The number of thiazole rings is 1. The third kappa shape index (κ3) is 5.09. The topological polar surface area (TPSA) is 112 Å². The third-order valence-electron chi connectivity index (χ3n) is 9.98. The summed E-state index contributed by atoms with van der Waals surface area (Å²) in [5.74, 6) is 1.04. The van der Waals surface area contributed by atoms with E-state index in [4.69, 9.17) is 9.72 Å². The number of likely N-dealkylation sites (tertiary alicyclic amines) is 1. The van der Waals surface area contributed by atoms with Crippen LogP contribution in [0, 0.1) is 22.7 Å². The quantitative estimate of drug-likeness (QED) is 0.485. The number of methoxy groups -OCH3 is 1. The number of nitrogens with zero attached hydrogens (tertiary/aromatic N) is 2. The summed E-state index contributed by atoms with van der Waals surface area (Å²) in [6.45, 7) is 7.88. The molecule has 0 bridgehead atoms. The largest absolute Gasteiger partial charge is 0.497 e. The van der Waals surface area contributed by atoms with E-state index >= 15 is 0 Å². The number of benzene rings is 1. The van der Waals surface area contributed by atoms with Crippen LogP contribution in [0.2, 0.25) is 0 Å². The number of nitrogens with one attached hydrogen (secondary N) is 1. The zero-order chi connectivity index (χ0) is 27.9. The molecule has 2 fully saturated rings. The Kier molecular flexibility index (Phi) is 7.79. The summed E-state index contributed by atoms with van der Waals surface area (Å²) in [7, 11) is 1.58. The molecule has 1 aromatic carbocycles. The molecule has 8 nitrogen and oxygen atoms in total. The van der Waals surface area contributed by atoms with Gasteiger partial charge in [-0.05, 0) is 73.6 Å². The number of ether oxygens (including phenoxy) is 1. The van der Waals surface area contributed by atoms with Crippen molar-refractivity contribution in [3.8, 4) is 5.75 Å². The average Bonchev–Trinajstić information content (AvgIpc) is 3.34. The first kappa shape index (κ1) is 28.1. The Morgan fingerprint density at radius 2 is 1.87 bits per heavy atom. The first-order valence-electron chi connectivity index (χ1n) is 14.1. The van der Waals surface area contributed by atoms with Crippen molar-refractivity contribution < 1.29 is 24.5 Å². The molecule has 2 heterocycles. The first-order valence-corrected chi connectivity index (χ1v) is 14.9. The van der Waals surface area contributed by atoms with Crippen molar-refractivity contribution in [2.75, 3.05) is 32.1 Å². The number of aliphatic hydroxyl groups excluding tert-OH is 2. The molecule has 39 heavy (non-hydrogen) atoms. The lowest BCUT2D eigenvalue weighted by atomic mass is 9.47. The minimum atomic E-state index is -0.678. The molecule has 5 unspecified atom stereocenters. The number of hydrogen-bond donors (Lipinski definition) is 3. The second-order valence-corrected chi connectivity index (χ2v) is 13.4. The highest BCUT2D eigenvalue weighted by molar-refractivity contribution is 7.15. The molecule has 9 heteroatoms. The van der Waals surface area contributed by atoms with Crippen molar-refractivity contribution >= 4 is 28.3 Å². The van der Waals surface area contributed by atoms with E-state index in [-0.39, 0.29) is 35.7 Å². The van der Waals surface area contributed by atoms with Crippen molar-refractivity contribution in [1.29, 1.82) is 0 Å². The first-order chi connectivity index (χ1) is 18.6. The fourth-order valence-electron chi connectivity index (χ4n) is 7.17. The normalized spacial score (nSPS) is 30.8. The molecule has 1 saturated heterocycles. The van der Waals surface area contributed by atoms with Crippen LogP contribution in [0.3, 0.4) is 0 Å². The number of carbonyl (C=O) groups excluding carboxylic acids is 2. The Balaban J connectivity index is 1.46. The van der Waals surface area contributed by atoms with Crippen LogP contribution in [0.1, 0.15) is 79.7 Å². The van der Waals surface area contributed by atoms with Crippen LogP contribution in [0.15, 0.2) is 24.3 Å². The van der Waals surface area contributed by atoms with Gasteiger partial charge in [0.1, 0.15) is 5.75 Å². The number of piperidine rings is 1. The van der Waals surface area contributed by atoms with Crippen LogP contribution in [0.4, 0.5) is 5.13 Å². The molecule has 3 aliphatic rings. The van der Waals surface area contributed by atoms with Crippen LogP contribution < -0.4 is 10.1 Å². The van der Waals surface area contributed by atoms with E-state index in [1.807, 2.05) is 11.8 Å². The fourth-order valence-corrected chi connectivity index (χ4v) is 8.24. The Morgan fingerprint density at radius 3 is 2.51 bits per heavy atom. The zero-order valence-corrected chi connectivity index (χ0v) is 24.2. The van der Waals surface area contributed by atoms with Gasteiger partial charge in [-0.3, -0.25) is 14.9 Å². The van der Waals surface area contributed by atoms with Gasteiger partial charge in [0.25, 0.3) is 5.91 Å². The van der Waals surface area contributed by atoms with Gasteiger partial charge in [-0.25, -0.2) is 4.98 Å². The van der Waals surface area contributed by atoms with E-state index < -0.39 is 11.5 Å². The van der Waals surface area contributed by atoms with E-state index in [0.29, 0.717) is 41.6 Å². The highest BCUT2D eigenvalue weighted by Crippen LogP contribution is 2.63. The Labute approximate surface area is 234 Å². The second-order valence-electron chi connectivity index (χ2n) is 12.3. The van der Waals surface area contributed by atoms with Crippen molar-refractivity contribution in [3.05, 3.63) is 40.4 Å². The molecule has 212 valence electrons. The number of anilines is 1. The zero-order valence-electron chi connectivity index (χ0n) is 23.4. The Morgan fingerprint density at radius 1 is 1.18 bits per heavy atom. The maximum absolute atomic E-state index is 13.6. The van der Waals surface area contributed by atoms with Crippen molar-refractivity contribution in [2.24, 2.45) is 22.7 Å². The van der Waals surface area contributed by atoms with Gasteiger partial charge in [-0.2, -0.15) is 0 Å². The number of hydrogen-bond acceptors (Lipinski definition) is 7.